The predicted molar refractivity (Wildman–Crippen MR) is 333 cm³/mol. The van der Waals surface area contributed by atoms with Crippen LogP contribution in [0.4, 0.5) is 0 Å². The van der Waals surface area contributed by atoms with Gasteiger partial charge in [-0.15, -0.1) is 0 Å². The molecule has 0 amide bonds. The molecule has 0 unspecified atom stereocenters. The molecule has 0 aromatic heterocycles. The van der Waals surface area contributed by atoms with E-state index in [-0.39, 0.29) is 0 Å². The van der Waals surface area contributed by atoms with Crippen LogP contribution < -0.4 is 95.4 Å². The second-order valence-electron chi connectivity index (χ2n) is 20.3. The maximum Gasteiger partial charge on any atom is 0.0456 e. The first kappa shape index (κ1) is 76.9. The molecular formula is C51H131N27. The summed E-state index contributed by atoms with van der Waals surface area (Å²) in [5.74, 6) is 0. The number of nitrogens with zero attached hydrogens (tertiary/aromatic N) is 10. The topological polar surface area (TPSA) is 405 Å². The van der Waals surface area contributed by atoms with Gasteiger partial charge in [0.15, 0.2) is 0 Å². The number of nitrogens with one attached hydrogen (secondary N) is 5. The van der Waals surface area contributed by atoms with Crippen molar-refractivity contribution in [1.29, 1.82) is 0 Å². The smallest absolute Gasteiger partial charge is 0.0456 e. The molecule has 0 radical (unpaired) electrons. The van der Waals surface area contributed by atoms with E-state index in [1.165, 1.54) is 0 Å². The molecule has 470 valence electrons. The van der Waals surface area contributed by atoms with E-state index >= 15 is 0 Å². The van der Waals surface area contributed by atoms with E-state index < -0.39 is 0 Å². The van der Waals surface area contributed by atoms with Crippen LogP contribution in [0.5, 0.6) is 0 Å². The van der Waals surface area contributed by atoms with Crippen molar-refractivity contribution in [3.05, 3.63) is 0 Å². The maximum absolute atomic E-state index is 6.18. The van der Waals surface area contributed by atoms with Crippen LogP contribution in [0.15, 0.2) is 0 Å². The fraction of sp³-hybridized carbons (Fsp3) is 1.00. The van der Waals surface area contributed by atoms with Gasteiger partial charge >= 0.3 is 0 Å². The molecule has 0 aromatic rings. The number of nitrogens with two attached hydrogens (primary N) is 12. The summed E-state index contributed by atoms with van der Waals surface area (Å²) in [6, 6.07) is 0. The lowest BCUT2D eigenvalue weighted by atomic mass is 10.3. The zero-order valence-corrected chi connectivity index (χ0v) is 50.0. The molecule has 0 aliphatic carbocycles. The average Bonchev–Trinajstić information content (AvgIpc) is 3.43. The third kappa shape index (κ3) is 46.4. The summed E-state index contributed by atoms with van der Waals surface area (Å²) in [7, 11) is 0. The first-order chi connectivity index (χ1) is 38.2. The van der Waals surface area contributed by atoms with E-state index in [0.29, 0.717) is 78.7 Å². The third-order valence-electron chi connectivity index (χ3n) is 14.1. The van der Waals surface area contributed by atoms with Crippen LogP contribution in [0.3, 0.4) is 0 Å². The van der Waals surface area contributed by atoms with E-state index in [9.17, 15) is 0 Å². The molecular weight excluding hydrogens is 991 g/mol. The highest BCUT2D eigenvalue weighted by Crippen LogP contribution is 2.00. The fourth-order valence-corrected chi connectivity index (χ4v) is 9.40. The van der Waals surface area contributed by atoms with Crippen molar-refractivity contribution in [1.82, 2.24) is 75.6 Å². The Morgan fingerprint density at radius 2 is 0.295 bits per heavy atom. The van der Waals surface area contributed by atoms with Gasteiger partial charge in [-0.3, -0.25) is 49.0 Å². The second kappa shape index (κ2) is 59.1. The highest BCUT2D eigenvalue weighted by Gasteiger charge is 2.16. The maximum atomic E-state index is 6.18. The highest BCUT2D eigenvalue weighted by atomic mass is 15.3. The van der Waals surface area contributed by atoms with Crippen LogP contribution in [0.2, 0.25) is 0 Å². The van der Waals surface area contributed by atoms with Crippen molar-refractivity contribution in [2.24, 2.45) is 68.8 Å². The molecule has 78 heavy (non-hydrogen) atoms. The second-order valence-corrected chi connectivity index (χ2v) is 20.3. The molecule has 29 N–H and O–H groups in total. The van der Waals surface area contributed by atoms with E-state index in [2.05, 4.69) is 75.6 Å². The molecule has 0 bridgehead atoms. The Morgan fingerprint density at radius 1 is 0.141 bits per heavy atom. The van der Waals surface area contributed by atoms with Crippen LogP contribution >= 0.6 is 0 Å². The molecule has 0 aliphatic rings. The zero-order chi connectivity index (χ0) is 57.4. The van der Waals surface area contributed by atoms with Crippen LogP contribution in [-0.4, -0.2) is 383 Å². The summed E-state index contributed by atoms with van der Waals surface area (Å²) in [6.45, 7) is 43.1. The fourth-order valence-electron chi connectivity index (χ4n) is 9.40. The summed E-state index contributed by atoms with van der Waals surface area (Å²) in [5.41, 5.74) is 71.6. The largest absolute Gasteiger partial charge is 0.329 e. The molecule has 0 aliphatic heterocycles. The number of hydrogen-bond donors (Lipinski definition) is 17. The lowest BCUT2D eigenvalue weighted by Gasteiger charge is -2.32. The third-order valence-corrected chi connectivity index (χ3v) is 14.1. The molecule has 0 heterocycles. The summed E-state index contributed by atoms with van der Waals surface area (Å²) in [4.78, 5) is 24.3. The Hall–Kier alpha value is -1.08. The van der Waals surface area contributed by atoms with Crippen LogP contribution in [-0.2, 0) is 0 Å². The monoisotopic (exact) mass is 1120 g/mol. The summed E-state index contributed by atoms with van der Waals surface area (Å²) in [6.07, 6.45) is 0. The van der Waals surface area contributed by atoms with Gasteiger partial charge < -0.3 is 95.4 Å². The normalized spacial score (nSPS) is 12.5. The lowest BCUT2D eigenvalue weighted by molar-refractivity contribution is 0.157. The number of rotatable bonds is 65. The molecule has 0 atom stereocenters. The van der Waals surface area contributed by atoms with E-state index in [1.807, 2.05) is 0 Å². The Balaban J connectivity index is 4.81. The minimum atomic E-state index is 0.532. The summed E-state index contributed by atoms with van der Waals surface area (Å²) >= 11 is 0. The van der Waals surface area contributed by atoms with Gasteiger partial charge in [-0.2, -0.15) is 0 Å². The molecule has 0 aromatic carbocycles. The molecule has 0 saturated heterocycles. The Labute approximate surface area is 476 Å². The zero-order valence-electron chi connectivity index (χ0n) is 50.0. The van der Waals surface area contributed by atoms with E-state index in [1.54, 1.807) is 0 Å². The van der Waals surface area contributed by atoms with E-state index in [0.717, 1.165) is 255 Å². The van der Waals surface area contributed by atoms with Crippen molar-refractivity contribution in [2.45, 2.75) is 0 Å². The molecule has 27 heteroatoms. The molecule has 0 rings (SSSR count). The first-order valence-electron chi connectivity index (χ1n) is 30.4. The highest BCUT2D eigenvalue weighted by molar-refractivity contribution is 4.74. The lowest BCUT2D eigenvalue weighted by Crippen LogP contribution is -2.47. The van der Waals surface area contributed by atoms with Crippen LogP contribution in [0.1, 0.15) is 0 Å². The van der Waals surface area contributed by atoms with Gasteiger partial charge in [0, 0.05) is 334 Å². The quantitative estimate of drug-likeness (QED) is 0.0199. The Kier molecular flexibility index (Phi) is 58.3. The van der Waals surface area contributed by atoms with Gasteiger partial charge in [-0.1, -0.05) is 0 Å². The van der Waals surface area contributed by atoms with Crippen molar-refractivity contribution in [2.75, 3.05) is 334 Å². The minimum Gasteiger partial charge on any atom is -0.329 e. The first-order valence-corrected chi connectivity index (χ1v) is 30.4. The van der Waals surface area contributed by atoms with Crippen molar-refractivity contribution in [3.63, 3.8) is 0 Å². The van der Waals surface area contributed by atoms with Gasteiger partial charge in [-0.25, -0.2) is 0 Å². The van der Waals surface area contributed by atoms with Gasteiger partial charge in [-0.05, 0) is 0 Å². The summed E-state index contributed by atoms with van der Waals surface area (Å²) < 4.78 is 0. The van der Waals surface area contributed by atoms with Gasteiger partial charge in [0.2, 0.25) is 0 Å². The van der Waals surface area contributed by atoms with Crippen molar-refractivity contribution in [3.8, 4) is 0 Å². The standard InChI is InChI=1S/C51H131N27/c52-1-12-64-15-36-77(49-42-73(28-8-59)34-18-67-17-32-69(22-2-53)23-3-54)50-48-76(31-11-62)47-46-75(30-10-61)45-41-72(27-7-58)35-19-68-21-38-78(51-63)37-20-66-14-13-65-16-33-71(26-6-57)40-44-74(29-9-60)43-39-70(24-4-55)25-5-56/h64-68H,1-63H2. The van der Waals surface area contributed by atoms with Crippen molar-refractivity contribution < 1.29 is 0 Å². The van der Waals surface area contributed by atoms with Crippen LogP contribution in [0, 0.1) is 0 Å². The Morgan fingerprint density at radius 3 is 0.500 bits per heavy atom. The van der Waals surface area contributed by atoms with Crippen molar-refractivity contribution >= 4 is 0 Å². The van der Waals surface area contributed by atoms with Gasteiger partial charge in [0.1, 0.15) is 0 Å². The molecule has 0 fully saturated rings. The minimum absolute atomic E-state index is 0.532. The molecule has 0 saturated carbocycles. The average molecular weight is 1120 g/mol. The van der Waals surface area contributed by atoms with Gasteiger partial charge in [0.05, 0.1) is 0 Å². The summed E-state index contributed by atoms with van der Waals surface area (Å²) in [5, 5.41) is 17.9. The van der Waals surface area contributed by atoms with E-state index in [4.69, 9.17) is 68.8 Å². The predicted octanol–water partition coefficient (Wildman–Crippen LogP) is -10.6. The molecule has 0 spiro atoms. The van der Waals surface area contributed by atoms with Crippen LogP contribution in [0.25, 0.3) is 0 Å². The Bertz CT molecular complexity index is 1170. The molecule has 27 nitrogen and oxygen atoms in total. The number of hydrogen-bond acceptors (Lipinski definition) is 27. The van der Waals surface area contributed by atoms with Gasteiger partial charge in [0.25, 0.3) is 0 Å². The SMILES string of the molecule is NCCNCCN(CCN(CCN)CCNCCN(CCN)CCN)CCN(CCN)CCN(CCN)CCN(CCN)CCNCCN(CN)CCNCCNCCN(CCN)CCN(CCN)CCN(CCN)CCN.